The third kappa shape index (κ3) is 13.7. The van der Waals surface area contributed by atoms with E-state index in [9.17, 15) is 0 Å². The van der Waals surface area contributed by atoms with Gasteiger partial charge in [-0.15, -0.1) is 0 Å². The van der Waals surface area contributed by atoms with Crippen molar-refractivity contribution in [3.05, 3.63) is 166 Å². The molecule has 0 heterocycles. The van der Waals surface area contributed by atoms with E-state index in [1.54, 1.807) is 0 Å². The normalized spacial score (nSPS) is 13.4. The van der Waals surface area contributed by atoms with E-state index in [2.05, 4.69) is 287 Å². The van der Waals surface area contributed by atoms with Gasteiger partial charge in [0.05, 0.1) is 10.6 Å². The van der Waals surface area contributed by atoms with Crippen LogP contribution in [0.4, 0.5) is 0 Å². The molecule has 6 aromatic carbocycles. The van der Waals surface area contributed by atoms with E-state index < -0.39 is 16.8 Å². The topological polar surface area (TPSA) is 36.9 Å². The fourth-order valence-electron chi connectivity index (χ4n) is 9.42. The molecule has 6 aromatic rings. The molecule has 398 valence electrons. The average Bonchev–Trinajstić information content (AvgIpc) is 3.26. The van der Waals surface area contributed by atoms with Crippen molar-refractivity contribution in [1.82, 2.24) is 0 Å². The summed E-state index contributed by atoms with van der Waals surface area (Å²) in [6, 6.07) is 44.1. The van der Waals surface area contributed by atoms with E-state index in [1.807, 2.05) is 0 Å². The number of rotatable bonds is 11. The Morgan fingerprint density at radius 3 is 0.676 bits per heavy atom. The van der Waals surface area contributed by atoms with Crippen molar-refractivity contribution in [3.63, 3.8) is 0 Å². The molecule has 4 nitrogen and oxygen atoms in total. The fourth-order valence-corrected chi connectivity index (χ4v) is 12.2. The monoisotopic (exact) mass is 1030 g/mol. The molecule has 0 radical (unpaired) electrons. The molecular formula is C68H92O4P2. The van der Waals surface area contributed by atoms with E-state index in [-0.39, 0.29) is 43.3 Å². The Hall–Kier alpha value is -4.62. The minimum Gasteiger partial charge on any atom is -0.435 e. The number of hydrogen-bond donors (Lipinski definition) is 0. The van der Waals surface area contributed by atoms with Crippen LogP contribution in [0.5, 0.6) is 23.0 Å². The summed E-state index contributed by atoms with van der Waals surface area (Å²) < 4.78 is 30.1. The van der Waals surface area contributed by atoms with Gasteiger partial charge in [-0.05, 0) is 78.7 Å². The summed E-state index contributed by atoms with van der Waals surface area (Å²) in [6.07, 6.45) is 0. The average molecular weight is 1040 g/mol. The van der Waals surface area contributed by atoms with Crippen molar-refractivity contribution in [2.75, 3.05) is 0 Å². The first-order valence-corrected chi connectivity index (χ1v) is 29.2. The highest BCUT2D eigenvalue weighted by atomic mass is 31.2. The maximum Gasteiger partial charge on any atom is 0.326 e. The fraction of sp³-hybridized carbons (Fsp3) is 0.471. The first kappa shape index (κ1) is 58.6. The third-order valence-electron chi connectivity index (χ3n) is 13.7. The molecule has 0 aliphatic heterocycles. The number of para-hydroxylation sites is 4. The van der Waals surface area contributed by atoms with Crippen molar-refractivity contribution in [2.45, 2.75) is 209 Å². The van der Waals surface area contributed by atoms with Crippen LogP contribution in [0.3, 0.4) is 0 Å². The molecule has 0 spiro atoms. The van der Waals surface area contributed by atoms with Gasteiger partial charge in [0, 0.05) is 44.5 Å². The molecule has 0 saturated heterocycles. The van der Waals surface area contributed by atoms with E-state index >= 15 is 0 Å². The van der Waals surface area contributed by atoms with Crippen molar-refractivity contribution in [1.29, 1.82) is 0 Å². The lowest BCUT2D eigenvalue weighted by Gasteiger charge is -2.34. The molecule has 0 N–H and O–H groups in total. The molecule has 0 saturated carbocycles. The smallest absolute Gasteiger partial charge is 0.326 e. The van der Waals surface area contributed by atoms with Gasteiger partial charge in [-0.25, -0.2) is 0 Å². The first-order chi connectivity index (χ1) is 33.8. The van der Waals surface area contributed by atoms with Crippen LogP contribution in [0.2, 0.25) is 0 Å². The van der Waals surface area contributed by atoms with Crippen molar-refractivity contribution < 1.29 is 18.1 Å². The van der Waals surface area contributed by atoms with Gasteiger partial charge in [-0.3, -0.25) is 0 Å². The summed E-state index contributed by atoms with van der Waals surface area (Å²) >= 11 is 0. The van der Waals surface area contributed by atoms with Gasteiger partial charge < -0.3 is 18.1 Å². The molecule has 0 atom stereocenters. The summed E-state index contributed by atoms with van der Waals surface area (Å²) in [4.78, 5) is 0. The minimum absolute atomic E-state index is 0.175. The largest absolute Gasteiger partial charge is 0.435 e. The van der Waals surface area contributed by atoms with Gasteiger partial charge in [0.1, 0.15) is 23.0 Å². The highest BCUT2D eigenvalue weighted by molar-refractivity contribution is 7.57. The van der Waals surface area contributed by atoms with Crippen molar-refractivity contribution >= 4 is 27.4 Å². The maximum atomic E-state index is 7.56. The SMILES string of the molecule is CC(C)(C)c1cccc(C(C)(C)C)c1OP(Oc1c(C(C)(C)C)cccc1C(C)(C)C)c1ccc(-c2cccc(P(Oc3c(C(C)(C)C)cccc3C(C)(C)C)Oc3c(C(C)(C)C)cccc3C(C)(C)C)c2)cc1. The Kier molecular flexibility index (Phi) is 16.7. The van der Waals surface area contributed by atoms with Gasteiger partial charge in [0.15, 0.2) is 0 Å². The Morgan fingerprint density at radius 2 is 0.446 bits per heavy atom. The summed E-state index contributed by atoms with van der Waals surface area (Å²) in [7, 11) is -3.44. The second-order valence-corrected chi connectivity index (χ2v) is 31.5. The molecule has 74 heavy (non-hydrogen) atoms. The Labute approximate surface area is 452 Å². The van der Waals surface area contributed by atoms with Crippen LogP contribution >= 0.6 is 16.8 Å². The van der Waals surface area contributed by atoms with Crippen LogP contribution in [0.15, 0.2) is 121 Å². The van der Waals surface area contributed by atoms with Crippen LogP contribution in [-0.2, 0) is 43.3 Å². The second-order valence-electron chi connectivity index (χ2n) is 28.7. The second kappa shape index (κ2) is 21.1. The predicted octanol–water partition coefficient (Wildman–Crippen LogP) is 19.9. The molecule has 0 aromatic heterocycles. The predicted molar refractivity (Wildman–Crippen MR) is 323 cm³/mol. The highest BCUT2D eigenvalue weighted by Crippen LogP contribution is 2.53. The molecule has 0 unspecified atom stereocenters. The summed E-state index contributed by atoms with van der Waals surface area (Å²) in [6.45, 7) is 54.4. The lowest BCUT2D eigenvalue weighted by atomic mass is 9.79. The quantitative estimate of drug-likeness (QED) is 0.121. The van der Waals surface area contributed by atoms with E-state index in [1.165, 1.54) is 0 Å². The summed E-state index contributed by atoms with van der Waals surface area (Å²) in [5, 5.41) is 1.98. The van der Waals surface area contributed by atoms with Crippen molar-refractivity contribution in [3.8, 4) is 34.1 Å². The molecule has 6 rings (SSSR count). The number of benzene rings is 6. The molecule has 0 bridgehead atoms. The summed E-state index contributed by atoms with van der Waals surface area (Å²) in [5.41, 5.74) is 10.0. The lowest BCUT2D eigenvalue weighted by molar-refractivity contribution is 0.442. The van der Waals surface area contributed by atoms with Crippen LogP contribution in [-0.4, -0.2) is 0 Å². The lowest BCUT2D eigenvalue weighted by Crippen LogP contribution is -2.22. The zero-order valence-corrected chi connectivity index (χ0v) is 51.9. The zero-order chi connectivity index (χ0) is 55.4. The Bertz CT molecular complexity index is 2620. The molecule has 6 heteroatoms. The maximum absolute atomic E-state index is 7.56. The third-order valence-corrected chi connectivity index (χ3v) is 16.5. The van der Waals surface area contributed by atoms with Gasteiger partial charge in [-0.1, -0.05) is 263 Å². The van der Waals surface area contributed by atoms with Crippen LogP contribution in [0.1, 0.15) is 211 Å². The molecular weight excluding hydrogens is 943 g/mol. The van der Waals surface area contributed by atoms with Crippen LogP contribution in [0, 0.1) is 0 Å². The molecule has 0 aliphatic carbocycles. The van der Waals surface area contributed by atoms with Crippen molar-refractivity contribution in [2.24, 2.45) is 0 Å². The van der Waals surface area contributed by atoms with Crippen LogP contribution in [0.25, 0.3) is 11.1 Å². The standard InChI is InChI=1S/C68H92O4P2/c1-61(2,3)49-32-26-33-50(62(4,5)6)57(49)69-73(70-58-51(63(7,8)9)34-27-35-52(58)64(10,11)12)47-42-40-45(41-43-47)46-30-25-31-48(44-46)74(71-59-53(65(13,14)15)36-28-37-54(59)66(16,17)18)72-60-55(67(19,20)21)38-29-39-56(60)68(22,23)24/h25-44H,1-24H3. The van der Waals surface area contributed by atoms with E-state index in [0.717, 1.165) is 89.2 Å². The molecule has 0 aliphatic rings. The van der Waals surface area contributed by atoms with E-state index in [4.69, 9.17) is 18.1 Å². The number of hydrogen-bond acceptors (Lipinski definition) is 4. The highest BCUT2D eigenvalue weighted by Gasteiger charge is 2.36. The molecule has 0 amide bonds. The Balaban J connectivity index is 1.55. The minimum atomic E-state index is -1.73. The van der Waals surface area contributed by atoms with Crippen LogP contribution < -0.4 is 28.7 Å². The van der Waals surface area contributed by atoms with Gasteiger partial charge >= 0.3 is 16.8 Å². The van der Waals surface area contributed by atoms with Gasteiger partial charge in [0.2, 0.25) is 0 Å². The zero-order valence-electron chi connectivity index (χ0n) is 50.1. The van der Waals surface area contributed by atoms with E-state index in [0.29, 0.717) is 0 Å². The molecule has 0 fully saturated rings. The van der Waals surface area contributed by atoms with Gasteiger partial charge in [0.25, 0.3) is 0 Å². The van der Waals surface area contributed by atoms with Gasteiger partial charge in [-0.2, -0.15) is 0 Å². The first-order valence-electron chi connectivity index (χ1n) is 26.9. The Morgan fingerprint density at radius 1 is 0.230 bits per heavy atom. The summed E-state index contributed by atoms with van der Waals surface area (Å²) in [5.74, 6) is 3.61.